The number of aromatic carboxylic acids is 1. The number of nitrogens with zero attached hydrogens (tertiary/aromatic N) is 2. The predicted octanol–water partition coefficient (Wildman–Crippen LogP) is 5.91. The van der Waals surface area contributed by atoms with Crippen LogP contribution in [0.4, 0.5) is 0 Å². The summed E-state index contributed by atoms with van der Waals surface area (Å²) in [5, 5.41) is 9.37. The zero-order valence-electron chi connectivity index (χ0n) is 17.9. The van der Waals surface area contributed by atoms with E-state index < -0.39 is 5.97 Å². The van der Waals surface area contributed by atoms with Crippen molar-refractivity contribution in [2.75, 3.05) is 0 Å². The smallest absolute Gasteiger partial charge is 0.335 e. The van der Waals surface area contributed by atoms with Crippen LogP contribution in [0.2, 0.25) is 0 Å². The van der Waals surface area contributed by atoms with Gasteiger partial charge >= 0.3 is 5.97 Å². The van der Waals surface area contributed by atoms with Crippen molar-refractivity contribution in [1.29, 1.82) is 0 Å². The molecule has 0 spiro atoms. The highest BCUT2D eigenvalue weighted by molar-refractivity contribution is 5.89. The second-order valence-electron chi connectivity index (χ2n) is 7.99. The molecule has 1 heterocycles. The summed E-state index contributed by atoms with van der Waals surface area (Å²) in [6.45, 7) is 3.02. The van der Waals surface area contributed by atoms with Gasteiger partial charge in [-0.25, -0.2) is 9.78 Å². The molecule has 0 aliphatic rings. The Hall–Kier alpha value is -3.40. The molecule has 1 N–H and O–H groups in total. The minimum absolute atomic E-state index is 0.394. The fraction of sp³-hybridized carbons (Fsp3) is 0.259. The number of para-hydroxylation sites is 2. The first-order valence-corrected chi connectivity index (χ1v) is 11.0. The summed E-state index contributed by atoms with van der Waals surface area (Å²) in [5.41, 5.74) is 5.97. The van der Waals surface area contributed by atoms with Crippen molar-refractivity contribution >= 4 is 17.0 Å². The van der Waals surface area contributed by atoms with Crippen LogP contribution in [0.15, 0.2) is 72.8 Å². The van der Waals surface area contributed by atoms with Crippen LogP contribution in [0.25, 0.3) is 11.0 Å². The molecule has 0 atom stereocenters. The number of imidazole rings is 1. The van der Waals surface area contributed by atoms with Crippen LogP contribution in [-0.2, 0) is 25.8 Å². The van der Waals surface area contributed by atoms with Crippen LogP contribution in [0.1, 0.15) is 52.6 Å². The van der Waals surface area contributed by atoms with Crippen molar-refractivity contribution in [3.05, 3.63) is 101 Å². The van der Waals surface area contributed by atoms with Crippen LogP contribution < -0.4 is 0 Å². The summed E-state index contributed by atoms with van der Waals surface area (Å²) in [7, 11) is 0. The monoisotopic (exact) mass is 412 g/mol. The van der Waals surface area contributed by atoms with Gasteiger partial charge in [-0.15, -0.1) is 0 Å². The number of unbranched alkanes of at least 4 members (excludes halogenated alkanes) is 1. The molecule has 0 aliphatic carbocycles. The number of carbonyl (C=O) groups is 1. The topological polar surface area (TPSA) is 55.1 Å². The molecule has 3 aromatic carbocycles. The van der Waals surface area contributed by atoms with Gasteiger partial charge in [0.1, 0.15) is 5.82 Å². The summed E-state index contributed by atoms with van der Waals surface area (Å²) < 4.78 is 2.34. The summed E-state index contributed by atoms with van der Waals surface area (Å²) in [6.07, 6.45) is 4.82. The Balaban J connectivity index is 1.49. The van der Waals surface area contributed by atoms with Gasteiger partial charge in [0.25, 0.3) is 0 Å². The van der Waals surface area contributed by atoms with Crippen LogP contribution in [-0.4, -0.2) is 20.6 Å². The molecule has 4 nitrogen and oxygen atoms in total. The fourth-order valence-electron chi connectivity index (χ4n) is 4.05. The van der Waals surface area contributed by atoms with Crippen molar-refractivity contribution in [3.8, 4) is 0 Å². The van der Waals surface area contributed by atoms with E-state index in [1.54, 1.807) is 12.1 Å². The summed E-state index contributed by atoms with van der Waals surface area (Å²) in [5.74, 6) is 0.287. The maximum absolute atomic E-state index is 11.4. The fourth-order valence-corrected chi connectivity index (χ4v) is 4.05. The van der Waals surface area contributed by atoms with Gasteiger partial charge in [0.15, 0.2) is 0 Å². The Kier molecular flexibility index (Phi) is 6.46. The Labute approximate surface area is 183 Å². The lowest BCUT2D eigenvalue weighted by Gasteiger charge is -2.11. The SMILES string of the molecule is CCCCc1nc2ccccc2n1Cc1ccc(CCc2ccccc2C(=O)O)cc1. The maximum atomic E-state index is 11.4. The molecule has 1 aromatic heterocycles. The molecule has 0 saturated heterocycles. The minimum atomic E-state index is -0.864. The van der Waals surface area contributed by atoms with Gasteiger partial charge in [0, 0.05) is 13.0 Å². The molecule has 4 rings (SSSR count). The third kappa shape index (κ3) is 4.85. The number of hydrogen-bond acceptors (Lipinski definition) is 2. The highest BCUT2D eigenvalue weighted by Gasteiger charge is 2.11. The summed E-state index contributed by atoms with van der Waals surface area (Å²) in [6, 6.07) is 24.3. The van der Waals surface area contributed by atoms with Crippen LogP contribution in [0.5, 0.6) is 0 Å². The van der Waals surface area contributed by atoms with Gasteiger partial charge in [-0.2, -0.15) is 0 Å². The van der Waals surface area contributed by atoms with E-state index in [0.717, 1.165) is 55.6 Å². The summed E-state index contributed by atoms with van der Waals surface area (Å²) >= 11 is 0. The van der Waals surface area contributed by atoms with Crippen LogP contribution in [0, 0.1) is 0 Å². The number of carboxylic acids is 1. The number of aryl methyl sites for hydroxylation is 3. The first-order chi connectivity index (χ1) is 15.2. The number of fused-ring (bicyclic) bond motifs is 1. The van der Waals surface area contributed by atoms with Gasteiger partial charge < -0.3 is 9.67 Å². The van der Waals surface area contributed by atoms with Gasteiger partial charge in [0.2, 0.25) is 0 Å². The average Bonchev–Trinajstić information content (AvgIpc) is 3.14. The molecule has 0 radical (unpaired) electrons. The van der Waals surface area contributed by atoms with E-state index in [0.29, 0.717) is 5.56 Å². The van der Waals surface area contributed by atoms with E-state index in [2.05, 4.69) is 54.0 Å². The number of aromatic nitrogens is 2. The van der Waals surface area contributed by atoms with Crippen molar-refractivity contribution in [2.45, 2.75) is 45.6 Å². The molecule has 0 amide bonds. The van der Waals surface area contributed by atoms with Gasteiger partial charge in [-0.3, -0.25) is 0 Å². The molecule has 0 saturated carbocycles. The lowest BCUT2D eigenvalue weighted by molar-refractivity contribution is 0.0695. The first kappa shape index (κ1) is 20.9. The molecular weight excluding hydrogens is 384 g/mol. The average molecular weight is 413 g/mol. The van der Waals surface area contributed by atoms with E-state index in [9.17, 15) is 9.90 Å². The molecule has 0 bridgehead atoms. The van der Waals surface area contributed by atoms with Crippen molar-refractivity contribution in [3.63, 3.8) is 0 Å². The van der Waals surface area contributed by atoms with E-state index >= 15 is 0 Å². The van der Waals surface area contributed by atoms with E-state index in [4.69, 9.17) is 4.98 Å². The highest BCUT2D eigenvalue weighted by atomic mass is 16.4. The third-order valence-electron chi connectivity index (χ3n) is 5.78. The van der Waals surface area contributed by atoms with Crippen LogP contribution >= 0.6 is 0 Å². The number of hydrogen-bond donors (Lipinski definition) is 1. The van der Waals surface area contributed by atoms with Gasteiger partial charge in [0.05, 0.1) is 16.6 Å². The molecule has 4 heteroatoms. The molecule has 31 heavy (non-hydrogen) atoms. The molecule has 4 aromatic rings. The summed E-state index contributed by atoms with van der Waals surface area (Å²) in [4.78, 5) is 16.3. The number of rotatable bonds is 9. The van der Waals surface area contributed by atoms with Gasteiger partial charge in [-0.05, 0) is 54.2 Å². The zero-order chi connectivity index (χ0) is 21.6. The van der Waals surface area contributed by atoms with E-state index in [1.165, 1.54) is 16.6 Å². The predicted molar refractivity (Wildman–Crippen MR) is 125 cm³/mol. The van der Waals surface area contributed by atoms with Crippen molar-refractivity contribution < 1.29 is 9.90 Å². The second-order valence-corrected chi connectivity index (χ2v) is 7.99. The molecule has 0 fully saturated rings. The lowest BCUT2D eigenvalue weighted by atomic mass is 9.99. The Morgan fingerprint density at radius 2 is 1.58 bits per heavy atom. The Morgan fingerprint density at radius 1 is 0.871 bits per heavy atom. The van der Waals surface area contributed by atoms with Crippen molar-refractivity contribution in [1.82, 2.24) is 9.55 Å². The molecule has 0 aliphatic heterocycles. The lowest BCUT2D eigenvalue weighted by Crippen LogP contribution is -2.06. The Bertz CT molecular complexity index is 1180. The zero-order valence-corrected chi connectivity index (χ0v) is 17.9. The normalized spacial score (nSPS) is 11.1. The van der Waals surface area contributed by atoms with E-state index in [-0.39, 0.29) is 0 Å². The maximum Gasteiger partial charge on any atom is 0.335 e. The minimum Gasteiger partial charge on any atom is -0.478 e. The van der Waals surface area contributed by atoms with Crippen LogP contribution in [0.3, 0.4) is 0 Å². The number of benzene rings is 3. The molecular formula is C27H28N2O2. The second kappa shape index (κ2) is 9.61. The quantitative estimate of drug-likeness (QED) is 0.372. The molecule has 0 unspecified atom stereocenters. The van der Waals surface area contributed by atoms with E-state index in [1.807, 2.05) is 18.2 Å². The molecule has 158 valence electrons. The third-order valence-corrected chi connectivity index (χ3v) is 5.78. The highest BCUT2D eigenvalue weighted by Crippen LogP contribution is 2.20. The van der Waals surface area contributed by atoms with Crippen molar-refractivity contribution in [2.24, 2.45) is 0 Å². The standard InChI is InChI=1S/C27H28N2O2/c1-2-3-12-26-28-24-10-6-7-11-25(24)29(26)19-21-15-13-20(14-16-21)17-18-22-8-4-5-9-23(22)27(30)31/h4-11,13-16H,2-3,12,17-19H2,1H3,(H,30,31). The Morgan fingerprint density at radius 3 is 2.35 bits per heavy atom. The first-order valence-electron chi connectivity index (χ1n) is 11.0. The largest absolute Gasteiger partial charge is 0.478 e. The number of carboxylic acid groups (broad SMARTS) is 1. The van der Waals surface area contributed by atoms with Gasteiger partial charge in [-0.1, -0.05) is 67.9 Å².